The van der Waals surface area contributed by atoms with Crippen molar-refractivity contribution < 1.29 is 4.21 Å². The monoisotopic (exact) mass is 465 g/mol. The molecular formula is C23H29Cl2N3OS. The van der Waals surface area contributed by atoms with Gasteiger partial charge in [0.1, 0.15) is 0 Å². The van der Waals surface area contributed by atoms with E-state index in [2.05, 4.69) is 39.0 Å². The Balaban J connectivity index is 1.16. The zero-order valence-electron chi connectivity index (χ0n) is 17.4. The highest BCUT2D eigenvalue weighted by Gasteiger charge is 2.22. The Morgan fingerprint density at radius 1 is 0.900 bits per heavy atom. The highest BCUT2D eigenvalue weighted by molar-refractivity contribution is 7.85. The van der Waals surface area contributed by atoms with Crippen molar-refractivity contribution in [2.24, 2.45) is 0 Å². The molecule has 0 radical (unpaired) electrons. The Bertz CT molecular complexity index is 915. The Kier molecular flexibility index (Phi) is 7.37. The standard InChI is InChI=1S/C23H29Cl2N3OS/c1-26-17-30(29)23-15-18(6-8-22(23)26)4-2-3-9-27-10-12-28(13-11-27)16-19-5-7-20(24)21(25)14-19/h5-8,14-15H,2-4,9-13,16-17H2,1H3. The summed E-state index contributed by atoms with van der Waals surface area (Å²) in [4.78, 5) is 8.14. The summed E-state index contributed by atoms with van der Waals surface area (Å²) in [6.07, 6.45) is 3.43. The highest BCUT2D eigenvalue weighted by Crippen LogP contribution is 2.31. The van der Waals surface area contributed by atoms with Crippen LogP contribution in [-0.2, 0) is 23.8 Å². The van der Waals surface area contributed by atoms with Gasteiger partial charge in [0.25, 0.3) is 0 Å². The van der Waals surface area contributed by atoms with Crippen molar-refractivity contribution >= 4 is 39.7 Å². The maximum Gasteiger partial charge on any atom is 0.0982 e. The average molecular weight is 466 g/mol. The molecule has 0 bridgehead atoms. The molecule has 0 aromatic heterocycles. The summed E-state index contributed by atoms with van der Waals surface area (Å²) in [5.74, 6) is 0.621. The maximum atomic E-state index is 12.2. The lowest BCUT2D eigenvalue weighted by atomic mass is 10.1. The van der Waals surface area contributed by atoms with E-state index in [9.17, 15) is 4.21 Å². The van der Waals surface area contributed by atoms with E-state index >= 15 is 0 Å². The Morgan fingerprint density at radius 2 is 1.63 bits per heavy atom. The zero-order chi connectivity index (χ0) is 21.1. The van der Waals surface area contributed by atoms with Gasteiger partial charge >= 0.3 is 0 Å². The molecule has 0 saturated carbocycles. The van der Waals surface area contributed by atoms with Gasteiger partial charge in [-0.3, -0.25) is 9.11 Å². The second kappa shape index (κ2) is 10.0. The van der Waals surface area contributed by atoms with Gasteiger partial charge < -0.3 is 9.80 Å². The number of unbranched alkanes of at least 4 members (excludes halogenated alkanes) is 1. The van der Waals surface area contributed by atoms with Crippen molar-refractivity contribution in [1.82, 2.24) is 9.80 Å². The van der Waals surface area contributed by atoms with Crippen LogP contribution in [-0.4, -0.2) is 59.7 Å². The van der Waals surface area contributed by atoms with Crippen LogP contribution in [0.3, 0.4) is 0 Å². The number of halogens is 2. The molecule has 2 aromatic carbocycles. The normalized spacial score (nSPS) is 20.0. The number of piperazine rings is 1. The molecule has 1 unspecified atom stereocenters. The fourth-order valence-electron chi connectivity index (χ4n) is 4.26. The van der Waals surface area contributed by atoms with Gasteiger partial charge in [-0.15, -0.1) is 0 Å². The predicted octanol–water partition coefficient (Wildman–Crippen LogP) is 4.65. The van der Waals surface area contributed by atoms with Gasteiger partial charge in [0, 0.05) is 39.8 Å². The lowest BCUT2D eigenvalue weighted by Gasteiger charge is -2.34. The molecule has 7 heteroatoms. The van der Waals surface area contributed by atoms with Gasteiger partial charge in [-0.05, 0) is 61.2 Å². The zero-order valence-corrected chi connectivity index (χ0v) is 19.8. The number of aryl methyl sites for hydroxylation is 1. The SMILES string of the molecule is CN1CS(=O)c2cc(CCCCN3CCN(Cc4ccc(Cl)c(Cl)c4)CC3)ccc21. The van der Waals surface area contributed by atoms with E-state index < -0.39 is 10.8 Å². The van der Waals surface area contributed by atoms with Crippen molar-refractivity contribution in [1.29, 1.82) is 0 Å². The van der Waals surface area contributed by atoms with Crippen molar-refractivity contribution in [2.45, 2.75) is 30.7 Å². The molecule has 2 heterocycles. The largest absolute Gasteiger partial charge is 0.361 e. The van der Waals surface area contributed by atoms with Gasteiger partial charge in [-0.25, -0.2) is 0 Å². The predicted molar refractivity (Wildman–Crippen MR) is 127 cm³/mol. The van der Waals surface area contributed by atoms with Crippen molar-refractivity contribution in [2.75, 3.05) is 50.5 Å². The van der Waals surface area contributed by atoms with Crippen LogP contribution in [0.5, 0.6) is 0 Å². The van der Waals surface area contributed by atoms with Crippen LogP contribution in [0.15, 0.2) is 41.3 Å². The van der Waals surface area contributed by atoms with Crippen molar-refractivity contribution in [3.63, 3.8) is 0 Å². The van der Waals surface area contributed by atoms with Crippen LogP contribution >= 0.6 is 23.2 Å². The minimum absolute atomic E-state index is 0.616. The lowest BCUT2D eigenvalue weighted by molar-refractivity contribution is 0.125. The molecule has 1 fully saturated rings. The van der Waals surface area contributed by atoms with E-state index in [1.54, 1.807) is 0 Å². The third-order valence-corrected chi connectivity index (χ3v) is 8.21. The molecule has 1 atom stereocenters. The van der Waals surface area contributed by atoms with Crippen molar-refractivity contribution in [3.05, 3.63) is 57.6 Å². The van der Waals surface area contributed by atoms with Crippen LogP contribution in [0, 0.1) is 0 Å². The Morgan fingerprint density at radius 3 is 2.40 bits per heavy atom. The topological polar surface area (TPSA) is 26.8 Å². The molecule has 0 amide bonds. The molecule has 0 aliphatic carbocycles. The third-order valence-electron chi connectivity index (χ3n) is 6.04. The van der Waals surface area contributed by atoms with E-state index in [1.165, 1.54) is 24.0 Å². The van der Waals surface area contributed by atoms with Gasteiger partial charge in [0.15, 0.2) is 0 Å². The molecule has 2 aliphatic heterocycles. The minimum atomic E-state index is -0.871. The van der Waals surface area contributed by atoms with E-state index in [4.69, 9.17) is 23.2 Å². The van der Waals surface area contributed by atoms with Gasteiger partial charge in [0.2, 0.25) is 0 Å². The molecule has 1 saturated heterocycles. The minimum Gasteiger partial charge on any atom is -0.361 e. The van der Waals surface area contributed by atoms with Crippen LogP contribution in [0.2, 0.25) is 10.0 Å². The van der Waals surface area contributed by atoms with E-state index in [0.29, 0.717) is 15.9 Å². The summed E-state index contributed by atoms with van der Waals surface area (Å²) < 4.78 is 12.2. The average Bonchev–Trinajstić information content (AvgIpc) is 3.02. The van der Waals surface area contributed by atoms with Gasteiger partial charge in [0.05, 0.1) is 37.3 Å². The Labute approximate surface area is 192 Å². The van der Waals surface area contributed by atoms with Crippen LogP contribution < -0.4 is 4.90 Å². The molecular weight excluding hydrogens is 437 g/mol. The summed E-state index contributed by atoms with van der Waals surface area (Å²) >= 11 is 12.1. The first-order valence-corrected chi connectivity index (χ1v) is 12.7. The number of rotatable bonds is 7. The number of hydrogen-bond donors (Lipinski definition) is 0. The molecule has 0 N–H and O–H groups in total. The fourth-order valence-corrected chi connectivity index (χ4v) is 5.95. The summed E-state index contributed by atoms with van der Waals surface area (Å²) in [6.45, 7) is 6.49. The first-order valence-electron chi connectivity index (χ1n) is 10.6. The van der Waals surface area contributed by atoms with E-state index in [1.807, 2.05) is 19.2 Å². The molecule has 2 aromatic rings. The molecule has 4 rings (SSSR count). The first kappa shape index (κ1) is 22.1. The third kappa shape index (κ3) is 5.38. The molecule has 2 aliphatic rings. The van der Waals surface area contributed by atoms with Crippen LogP contribution in [0.25, 0.3) is 0 Å². The van der Waals surface area contributed by atoms with E-state index in [-0.39, 0.29) is 0 Å². The molecule has 162 valence electrons. The number of anilines is 1. The maximum absolute atomic E-state index is 12.2. The summed E-state index contributed by atoms with van der Waals surface area (Å²) in [7, 11) is 1.14. The van der Waals surface area contributed by atoms with Gasteiger partial charge in [-0.1, -0.05) is 35.3 Å². The Hall–Kier alpha value is -1.11. The highest BCUT2D eigenvalue weighted by atomic mass is 35.5. The summed E-state index contributed by atoms with van der Waals surface area (Å²) in [5, 5.41) is 1.25. The summed E-state index contributed by atoms with van der Waals surface area (Å²) in [5.41, 5.74) is 3.65. The second-order valence-corrected chi connectivity index (χ2v) is 10.5. The number of nitrogens with zero attached hydrogens (tertiary/aromatic N) is 3. The number of benzene rings is 2. The van der Waals surface area contributed by atoms with Crippen molar-refractivity contribution in [3.8, 4) is 0 Å². The lowest BCUT2D eigenvalue weighted by Crippen LogP contribution is -2.46. The fraction of sp³-hybridized carbons (Fsp3) is 0.478. The smallest absolute Gasteiger partial charge is 0.0982 e. The molecule has 0 spiro atoms. The van der Waals surface area contributed by atoms with Crippen LogP contribution in [0.1, 0.15) is 24.0 Å². The second-order valence-electron chi connectivity index (χ2n) is 8.30. The quantitative estimate of drug-likeness (QED) is 0.556. The van der Waals surface area contributed by atoms with Crippen LogP contribution in [0.4, 0.5) is 5.69 Å². The molecule has 30 heavy (non-hydrogen) atoms. The number of hydrogen-bond acceptors (Lipinski definition) is 4. The van der Waals surface area contributed by atoms with E-state index in [0.717, 1.165) is 56.3 Å². The summed E-state index contributed by atoms with van der Waals surface area (Å²) in [6, 6.07) is 12.4. The van der Waals surface area contributed by atoms with Gasteiger partial charge in [-0.2, -0.15) is 0 Å². The molecule has 4 nitrogen and oxygen atoms in total. The number of fused-ring (bicyclic) bond motifs is 1. The first-order chi connectivity index (χ1) is 14.5.